The van der Waals surface area contributed by atoms with Gasteiger partial charge in [-0.3, -0.25) is 0 Å². The lowest BCUT2D eigenvalue weighted by Crippen LogP contribution is -2.36. The highest BCUT2D eigenvalue weighted by atomic mass is 16.5. The number of ether oxygens (including phenoxy) is 1. The summed E-state index contributed by atoms with van der Waals surface area (Å²) in [5, 5.41) is 3.38. The molecule has 0 radical (unpaired) electrons. The van der Waals surface area contributed by atoms with Crippen molar-refractivity contribution in [3.05, 3.63) is 0 Å². The second-order valence-corrected chi connectivity index (χ2v) is 5.82. The van der Waals surface area contributed by atoms with Crippen molar-refractivity contribution in [1.82, 2.24) is 10.2 Å². The second-order valence-electron chi connectivity index (χ2n) is 5.82. The van der Waals surface area contributed by atoms with Crippen LogP contribution in [0.2, 0.25) is 0 Å². The maximum absolute atomic E-state index is 5.98. The maximum atomic E-state index is 5.98. The van der Waals surface area contributed by atoms with Crippen LogP contribution in [0.5, 0.6) is 0 Å². The van der Waals surface area contributed by atoms with Gasteiger partial charge in [0.25, 0.3) is 0 Å². The van der Waals surface area contributed by atoms with Gasteiger partial charge in [-0.15, -0.1) is 0 Å². The van der Waals surface area contributed by atoms with Crippen LogP contribution in [0.1, 0.15) is 59.3 Å². The van der Waals surface area contributed by atoms with Crippen LogP contribution >= 0.6 is 0 Å². The van der Waals surface area contributed by atoms with Gasteiger partial charge >= 0.3 is 0 Å². The first-order valence-corrected chi connectivity index (χ1v) is 8.34. The van der Waals surface area contributed by atoms with E-state index in [1.807, 2.05) is 0 Å². The fraction of sp³-hybridized carbons (Fsp3) is 1.00. The van der Waals surface area contributed by atoms with Crippen LogP contribution < -0.4 is 5.32 Å². The molecule has 1 atom stereocenters. The molecule has 0 bridgehead atoms. The van der Waals surface area contributed by atoms with Crippen molar-refractivity contribution in [3.63, 3.8) is 0 Å². The molecule has 3 nitrogen and oxygen atoms in total. The number of nitrogens with one attached hydrogen (secondary N) is 1. The van der Waals surface area contributed by atoms with Gasteiger partial charge in [0.05, 0.1) is 6.10 Å². The lowest BCUT2D eigenvalue weighted by molar-refractivity contribution is 0.0260. The van der Waals surface area contributed by atoms with Gasteiger partial charge in [-0.2, -0.15) is 0 Å². The first-order valence-electron chi connectivity index (χ1n) is 8.34. The van der Waals surface area contributed by atoms with E-state index < -0.39 is 0 Å². The molecule has 1 aliphatic rings. The Labute approximate surface area is 120 Å². The summed E-state index contributed by atoms with van der Waals surface area (Å²) in [4.78, 5) is 2.63. The fourth-order valence-corrected chi connectivity index (χ4v) is 2.65. The highest BCUT2D eigenvalue weighted by molar-refractivity contribution is 4.69. The van der Waals surface area contributed by atoms with Gasteiger partial charge in [0.15, 0.2) is 0 Å². The standard InChI is InChI=1S/C16H34N2O/c1-4-6-12-18(15(3)5-2)13-7-14-19-16-8-10-17-11-9-16/h15-17H,4-14H2,1-3H3. The smallest absolute Gasteiger partial charge is 0.0599 e. The Kier molecular flexibility index (Phi) is 9.48. The summed E-state index contributed by atoms with van der Waals surface area (Å²) in [7, 11) is 0. The fourth-order valence-electron chi connectivity index (χ4n) is 2.65. The van der Waals surface area contributed by atoms with Crippen LogP contribution in [0, 0.1) is 0 Å². The molecule has 0 aromatic carbocycles. The largest absolute Gasteiger partial charge is 0.378 e. The van der Waals surface area contributed by atoms with Crippen molar-refractivity contribution in [2.75, 3.05) is 32.8 Å². The number of nitrogens with zero attached hydrogens (tertiary/aromatic N) is 1. The average molecular weight is 270 g/mol. The molecule has 1 rings (SSSR count). The SMILES string of the molecule is CCCCN(CCCOC1CCNCC1)C(C)CC. The summed E-state index contributed by atoms with van der Waals surface area (Å²) in [5.74, 6) is 0. The Morgan fingerprint density at radius 3 is 2.47 bits per heavy atom. The molecule has 0 aromatic heterocycles. The lowest BCUT2D eigenvalue weighted by atomic mass is 10.1. The van der Waals surface area contributed by atoms with Crippen LogP contribution in [-0.2, 0) is 4.74 Å². The normalized spacial score (nSPS) is 18.9. The number of hydrogen-bond donors (Lipinski definition) is 1. The topological polar surface area (TPSA) is 24.5 Å². The molecule has 0 aliphatic carbocycles. The summed E-state index contributed by atoms with van der Waals surface area (Å²) in [6.45, 7) is 12.5. The predicted octanol–water partition coefficient (Wildman–Crippen LogP) is 3.05. The van der Waals surface area contributed by atoms with Crippen molar-refractivity contribution >= 4 is 0 Å². The molecule has 19 heavy (non-hydrogen) atoms. The Bertz CT molecular complexity index is 205. The van der Waals surface area contributed by atoms with Crippen LogP contribution in [0.4, 0.5) is 0 Å². The maximum Gasteiger partial charge on any atom is 0.0599 e. The minimum Gasteiger partial charge on any atom is -0.378 e. The Balaban J connectivity index is 2.12. The average Bonchev–Trinajstić information content (AvgIpc) is 2.47. The highest BCUT2D eigenvalue weighted by Crippen LogP contribution is 2.10. The van der Waals surface area contributed by atoms with Crippen LogP contribution in [0.25, 0.3) is 0 Å². The van der Waals surface area contributed by atoms with Gasteiger partial charge in [-0.05, 0) is 58.7 Å². The Hall–Kier alpha value is -0.120. The predicted molar refractivity (Wildman–Crippen MR) is 82.7 cm³/mol. The van der Waals surface area contributed by atoms with Crippen LogP contribution in [0.15, 0.2) is 0 Å². The minimum atomic E-state index is 0.508. The first kappa shape index (κ1) is 16.9. The molecular weight excluding hydrogens is 236 g/mol. The van der Waals surface area contributed by atoms with E-state index in [4.69, 9.17) is 4.74 Å². The highest BCUT2D eigenvalue weighted by Gasteiger charge is 2.14. The molecule has 0 spiro atoms. The quantitative estimate of drug-likeness (QED) is 0.618. The number of hydrogen-bond acceptors (Lipinski definition) is 3. The van der Waals surface area contributed by atoms with Gasteiger partial charge in [0.2, 0.25) is 0 Å². The number of piperidine rings is 1. The van der Waals surface area contributed by atoms with Crippen LogP contribution in [-0.4, -0.2) is 49.8 Å². The summed E-state index contributed by atoms with van der Waals surface area (Å²) < 4.78 is 5.98. The third-order valence-corrected chi connectivity index (χ3v) is 4.24. The van der Waals surface area contributed by atoms with Gasteiger partial charge < -0.3 is 15.0 Å². The van der Waals surface area contributed by atoms with E-state index in [-0.39, 0.29) is 0 Å². The molecule has 1 saturated heterocycles. The molecule has 114 valence electrons. The van der Waals surface area contributed by atoms with E-state index >= 15 is 0 Å². The van der Waals surface area contributed by atoms with Crippen molar-refractivity contribution in [2.24, 2.45) is 0 Å². The van der Waals surface area contributed by atoms with Crippen molar-refractivity contribution in [2.45, 2.75) is 71.4 Å². The lowest BCUT2D eigenvalue weighted by Gasteiger charge is -2.29. The summed E-state index contributed by atoms with van der Waals surface area (Å²) >= 11 is 0. The molecule has 1 heterocycles. The van der Waals surface area contributed by atoms with E-state index in [9.17, 15) is 0 Å². The summed E-state index contributed by atoms with van der Waals surface area (Å²) in [6.07, 6.45) is 7.92. The van der Waals surface area contributed by atoms with E-state index in [1.165, 1.54) is 51.6 Å². The monoisotopic (exact) mass is 270 g/mol. The van der Waals surface area contributed by atoms with Crippen molar-refractivity contribution < 1.29 is 4.74 Å². The molecule has 0 amide bonds. The van der Waals surface area contributed by atoms with Crippen LogP contribution in [0.3, 0.4) is 0 Å². The molecule has 3 heteroatoms. The van der Waals surface area contributed by atoms with E-state index in [2.05, 4.69) is 31.0 Å². The Morgan fingerprint density at radius 2 is 1.84 bits per heavy atom. The van der Waals surface area contributed by atoms with Gasteiger partial charge in [-0.25, -0.2) is 0 Å². The molecule has 1 N–H and O–H groups in total. The molecular formula is C16H34N2O. The van der Waals surface area contributed by atoms with Crippen molar-refractivity contribution in [1.29, 1.82) is 0 Å². The zero-order chi connectivity index (χ0) is 13.9. The molecule has 0 saturated carbocycles. The zero-order valence-corrected chi connectivity index (χ0v) is 13.3. The second kappa shape index (κ2) is 10.6. The molecule has 1 unspecified atom stereocenters. The van der Waals surface area contributed by atoms with E-state index in [0.717, 1.165) is 19.7 Å². The third kappa shape index (κ3) is 7.28. The van der Waals surface area contributed by atoms with Gasteiger partial charge in [-0.1, -0.05) is 20.3 Å². The molecule has 1 fully saturated rings. The van der Waals surface area contributed by atoms with Gasteiger partial charge in [0, 0.05) is 19.2 Å². The van der Waals surface area contributed by atoms with E-state index in [0.29, 0.717) is 12.1 Å². The van der Waals surface area contributed by atoms with Gasteiger partial charge in [0.1, 0.15) is 0 Å². The number of rotatable bonds is 10. The summed E-state index contributed by atoms with van der Waals surface area (Å²) in [5.41, 5.74) is 0. The third-order valence-electron chi connectivity index (χ3n) is 4.24. The molecule has 0 aromatic rings. The van der Waals surface area contributed by atoms with Crippen molar-refractivity contribution in [3.8, 4) is 0 Å². The minimum absolute atomic E-state index is 0.508. The summed E-state index contributed by atoms with van der Waals surface area (Å²) in [6, 6.07) is 0.713. The molecule has 1 aliphatic heterocycles. The first-order chi connectivity index (χ1) is 9.27. The zero-order valence-electron chi connectivity index (χ0n) is 13.3. The number of unbranched alkanes of at least 4 members (excludes halogenated alkanes) is 1. The Morgan fingerprint density at radius 1 is 1.16 bits per heavy atom. The van der Waals surface area contributed by atoms with E-state index in [1.54, 1.807) is 0 Å².